The van der Waals surface area contributed by atoms with Crippen molar-refractivity contribution in [2.75, 3.05) is 26.4 Å². The first-order valence-corrected chi connectivity index (χ1v) is 25.0. The predicted molar refractivity (Wildman–Crippen MR) is 234 cm³/mol. The molecule has 0 aromatic heterocycles. The molecule has 0 amide bonds. The van der Waals surface area contributed by atoms with Gasteiger partial charge in [-0.05, 0) is 77.0 Å². The van der Waals surface area contributed by atoms with Crippen LogP contribution in [0, 0.1) is 0 Å². The Labute approximate surface area is 355 Å². The lowest BCUT2D eigenvalue weighted by Crippen LogP contribution is -2.29. The summed E-state index contributed by atoms with van der Waals surface area (Å²) >= 11 is 0. The number of unbranched alkanes of at least 4 members (excludes halogenated alkanes) is 15. The highest BCUT2D eigenvalue weighted by molar-refractivity contribution is 7.47. The number of aliphatic hydroxyl groups excluding tert-OH is 1. The van der Waals surface area contributed by atoms with Crippen molar-refractivity contribution in [3.05, 3.63) is 60.8 Å². The van der Waals surface area contributed by atoms with E-state index in [0.717, 1.165) is 64.2 Å². The third-order valence-corrected chi connectivity index (χ3v) is 10.3. The van der Waals surface area contributed by atoms with E-state index in [1.165, 1.54) is 57.8 Å². The summed E-state index contributed by atoms with van der Waals surface area (Å²) in [5, 5.41) is 9.74. The van der Waals surface area contributed by atoms with E-state index in [1.807, 2.05) is 12.2 Å². The van der Waals surface area contributed by atoms with Gasteiger partial charge in [0.15, 0.2) is 6.10 Å². The van der Waals surface area contributed by atoms with E-state index in [0.29, 0.717) is 19.3 Å². The van der Waals surface area contributed by atoms with Gasteiger partial charge in [-0.3, -0.25) is 23.2 Å². The van der Waals surface area contributed by atoms with E-state index in [9.17, 15) is 28.7 Å². The van der Waals surface area contributed by atoms with Gasteiger partial charge in [0, 0.05) is 12.8 Å². The zero-order chi connectivity index (χ0) is 43.7. The number of hydrogen-bond acceptors (Lipinski definition) is 10. The Kier molecular flexibility index (Phi) is 38.5. The second-order valence-corrected chi connectivity index (χ2v) is 17.3. The molecule has 0 rings (SSSR count). The predicted octanol–water partition coefficient (Wildman–Crippen LogP) is 11.2. The topological polar surface area (TPSA) is 195 Å². The molecule has 15 heteroatoms. The summed E-state index contributed by atoms with van der Waals surface area (Å²) in [5.41, 5.74) is 0. The van der Waals surface area contributed by atoms with Crippen LogP contribution in [-0.2, 0) is 41.8 Å². The molecule has 13 nitrogen and oxygen atoms in total. The molecular formula is C44H78O13P2. The zero-order valence-corrected chi connectivity index (χ0v) is 37.9. The van der Waals surface area contributed by atoms with Gasteiger partial charge in [0.05, 0.1) is 19.8 Å². The van der Waals surface area contributed by atoms with Gasteiger partial charge in [-0.25, -0.2) is 9.13 Å². The normalized spacial score (nSPS) is 14.6. The minimum Gasteiger partial charge on any atom is -0.462 e. The molecule has 1 unspecified atom stereocenters. The highest BCUT2D eigenvalue weighted by Gasteiger charge is 2.28. The van der Waals surface area contributed by atoms with Crippen LogP contribution in [0.25, 0.3) is 0 Å². The van der Waals surface area contributed by atoms with Crippen molar-refractivity contribution in [1.29, 1.82) is 0 Å². The quantitative estimate of drug-likeness (QED) is 0.0196. The lowest BCUT2D eigenvalue weighted by Gasteiger charge is -2.20. The smallest absolute Gasteiger partial charge is 0.462 e. The minimum atomic E-state index is -4.87. The van der Waals surface area contributed by atoms with Crippen LogP contribution in [0.2, 0.25) is 0 Å². The van der Waals surface area contributed by atoms with E-state index in [-0.39, 0.29) is 12.8 Å². The molecule has 0 fully saturated rings. The molecule has 0 bridgehead atoms. The highest BCUT2D eigenvalue weighted by atomic mass is 31.2. The average Bonchev–Trinajstić information content (AvgIpc) is 3.19. The van der Waals surface area contributed by atoms with Gasteiger partial charge >= 0.3 is 27.6 Å². The van der Waals surface area contributed by atoms with Gasteiger partial charge in [0.2, 0.25) is 0 Å². The molecule has 342 valence electrons. The molecule has 4 N–H and O–H groups in total. The van der Waals surface area contributed by atoms with Gasteiger partial charge in [0.1, 0.15) is 12.7 Å². The molecule has 0 radical (unpaired) electrons. The van der Waals surface area contributed by atoms with Crippen molar-refractivity contribution in [2.45, 2.75) is 180 Å². The molecule has 0 aliphatic carbocycles. The number of esters is 2. The molecule has 59 heavy (non-hydrogen) atoms. The number of phosphoric acid groups is 2. The molecular weight excluding hydrogens is 798 g/mol. The highest BCUT2D eigenvalue weighted by Crippen LogP contribution is 2.43. The van der Waals surface area contributed by atoms with Crippen LogP contribution in [0.1, 0.15) is 168 Å². The number of aliphatic hydroxyl groups is 1. The van der Waals surface area contributed by atoms with E-state index in [2.05, 4.69) is 71.5 Å². The molecule has 0 aliphatic rings. The summed E-state index contributed by atoms with van der Waals surface area (Å²) in [6.07, 6.45) is 42.2. The van der Waals surface area contributed by atoms with Crippen molar-refractivity contribution in [3.63, 3.8) is 0 Å². The average molecular weight is 877 g/mol. The fraction of sp³-hybridized carbons (Fsp3) is 0.727. The Morgan fingerprint density at radius 1 is 0.492 bits per heavy atom. The largest absolute Gasteiger partial charge is 0.472 e. The van der Waals surface area contributed by atoms with Crippen LogP contribution in [0.4, 0.5) is 0 Å². The maximum atomic E-state index is 12.6. The van der Waals surface area contributed by atoms with Crippen LogP contribution >= 0.6 is 15.6 Å². The van der Waals surface area contributed by atoms with Gasteiger partial charge in [0.25, 0.3) is 0 Å². The Hall–Kier alpha value is -2.18. The van der Waals surface area contributed by atoms with E-state index < -0.39 is 66.2 Å². The molecule has 0 saturated carbocycles. The van der Waals surface area contributed by atoms with Crippen molar-refractivity contribution in [1.82, 2.24) is 0 Å². The number of rotatable bonds is 41. The summed E-state index contributed by atoms with van der Waals surface area (Å²) < 4.78 is 47.7. The van der Waals surface area contributed by atoms with Crippen molar-refractivity contribution >= 4 is 27.6 Å². The fourth-order valence-corrected chi connectivity index (χ4v) is 6.67. The number of hydrogen-bond donors (Lipinski definition) is 4. The van der Waals surface area contributed by atoms with Crippen LogP contribution in [0.5, 0.6) is 0 Å². The standard InChI is InChI=1S/C44H78O13P2/c1-3-5-7-9-11-13-15-17-19-20-22-24-26-28-30-32-34-36-44(47)57-42(40-56-59(51,52)55-38-41(45)37-54-58(48,49)50)39-53-43(46)35-33-31-29-27-25-23-21-18-16-14-12-10-8-6-4-2/h12,14,17-19,21-22,24,28,30,41-42,45H,3-11,13,15-16,20,23,25-27,29,31-40H2,1-2H3,(H,51,52)(H2,48,49,50)/b14-12-,19-17-,21-18-,24-22-,30-28-/t41-,42+/m0/s1. The van der Waals surface area contributed by atoms with Crippen molar-refractivity contribution in [2.24, 2.45) is 0 Å². The van der Waals surface area contributed by atoms with Crippen LogP contribution in [0.15, 0.2) is 60.8 Å². The maximum Gasteiger partial charge on any atom is 0.472 e. The first kappa shape index (κ1) is 56.8. The van der Waals surface area contributed by atoms with Crippen LogP contribution in [-0.4, -0.2) is 70.4 Å². The maximum absolute atomic E-state index is 12.6. The number of phosphoric ester groups is 2. The summed E-state index contributed by atoms with van der Waals surface area (Å²) in [6.45, 7) is 1.65. The van der Waals surface area contributed by atoms with Gasteiger partial charge in [-0.2, -0.15) is 0 Å². The molecule has 0 aromatic carbocycles. The first-order chi connectivity index (χ1) is 28.4. The van der Waals surface area contributed by atoms with Crippen molar-refractivity contribution in [3.8, 4) is 0 Å². The Balaban J connectivity index is 4.63. The Morgan fingerprint density at radius 2 is 0.898 bits per heavy atom. The number of ether oxygens (including phenoxy) is 2. The van der Waals surface area contributed by atoms with Gasteiger partial charge in [-0.15, -0.1) is 0 Å². The molecule has 3 atom stereocenters. The monoisotopic (exact) mass is 876 g/mol. The second kappa shape index (κ2) is 39.9. The van der Waals surface area contributed by atoms with Crippen LogP contribution in [0.3, 0.4) is 0 Å². The van der Waals surface area contributed by atoms with E-state index in [1.54, 1.807) is 0 Å². The summed E-state index contributed by atoms with van der Waals surface area (Å²) in [5.74, 6) is -1.11. The molecule has 0 saturated heterocycles. The van der Waals surface area contributed by atoms with Gasteiger partial charge < -0.3 is 29.3 Å². The SMILES string of the molecule is CCCCC/C=C\C/C=C\CCCCCCCC(=O)OC[C@H](COP(=O)(O)OC[C@@H](O)COP(=O)(O)O)OC(=O)CCC/C=C\C/C=C\C/C=C\CCCCCCCC. The molecule has 0 aromatic rings. The van der Waals surface area contributed by atoms with Gasteiger partial charge in [-0.1, -0.05) is 139 Å². The summed E-state index contributed by atoms with van der Waals surface area (Å²) in [7, 11) is -9.69. The third kappa shape index (κ3) is 43.7. The molecule has 0 spiro atoms. The lowest BCUT2D eigenvalue weighted by atomic mass is 10.1. The number of allylic oxidation sites excluding steroid dienone is 10. The summed E-state index contributed by atoms with van der Waals surface area (Å²) in [4.78, 5) is 52.6. The third-order valence-electron chi connectivity index (χ3n) is 8.87. The molecule has 0 aliphatic heterocycles. The molecule has 0 heterocycles. The summed E-state index contributed by atoms with van der Waals surface area (Å²) in [6, 6.07) is 0. The minimum absolute atomic E-state index is 0.0546. The Morgan fingerprint density at radius 3 is 1.44 bits per heavy atom. The second-order valence-electron chi connectivity index (χ2n) is 14.6. The van der Waals surface area contributed by atoms with Crippen molar-refractivity contribution < 1.29 is 61.6 Å². The Bertz CT molecular complexity index is 1280. The first-order valence-electron chi connectivity index (χ1n) is 22.0. The zero-order valence-electron chi connectivity index (χ0n) is 36.1. The number of carbonyl (C=O) groups excluding carboxylic acids is 2. The van der Waals surface area contributed by atoms with Crippen LogP contribution < -0.4 is 0 Å². The van der Waals surface area contributed by atoms with E-state index in [4.69, 9.17) is 23.8 Å². The number of carbonyl (C=O) groups is 2. The lowest BCUT2D eigenvalue weighted by molar-refractivity contribution is -0.161. The van der Waals surface area contributed by atoms with E-state index >= 15 is 0 Å². The fourth-order valence-electron chi connectivity index (χ4n) is 5.51.